The Kier molecular flexibility index (Phi) is 2.93. The quantitative estimate of drug-likeness (QED) is 0.773. The van der Waals surface area contributed by atoms with Crippen LogP contribution in [0.4, 0.5) is 0 Å². The highest BCUT2D eigenvalue weighted by molar-refractivity contribution is 7.09. The SMILES string of the molecule is Clc1cc(Cl)cc(-c2nc(Cl)ns2)c1. The largest absolute Gasteiger partial charge is 0.234 e. The van der Waals surface area contributed by atoms with Crippen molar-refractivity contribution >= 4 is 46.3 Å². The van der Waals surface area contributed by atoms with E-state index in [0.29, 0.717) is 15.1 Å². The first-order valence-corrected chi connectivity index (χ1v) is 5.51. The Hall–Kier alpha value is -0.350. The summed E-state index contributed by atoms with van der Waals surface area (Å²) in [6, 6.07) is 5.20. The van der Waals surface area contributed by atoms with Crippen molar-refractivity contribution < 1.29 is 0 Å². The molecular formula is C8H3Cl3N2S. The van der Waals surface area contributed by atoms with Gasteiger partial charge in [0.25, 0.3) is 0 Å². The van der Waals surface area contributed by atoms with Gasteiger partial charge >= 0.3 is 0 Å². The molecule has 0 unspecified atom stereocenters. The van der Waals surface area contributed by atoms with Crippen LogP contribution in [0, 0.1) is 0 Å². The van der Waals surface area contributed by atoms with Crippen LogP contribution in [0.15, 0.2) is 18.2 Å². The first kappa shape index (κ1) is 10.2. The van der Waals surface area contributed by atoms with Gasteiger partial charge in [0, 0.05) is 15.6 Å². The highest BCUT2D eigenvalue weighted by atomic mass is 35.5. The van der Waals surface area contributed by atoms with Crippen molar-refractivity contribution in [2.45, 2.75) is 0 Å². The molecule has 0 saturated carbocycles. The van der Waals surface area contributed by atoms with Crippen LogP contribution in [0.3, 0.4) is 0 Å². The lowest BCUT2D eigenvalue weighted by molar-refractivity contribution is 1.33. The fourth-order valence-corrected chi connectivity index (χ4v) is 2.32. The van der Waals surface area contributed by atoms with Crippen molar-refractivity contribution in [3.05, 3.63) is 33.5 Å². The van der Waals surface area contributed by atoms with Crippen molar-refractivity contribution in [1.29, 1.82) is 0 Å². The predicted molar refractivity (Wildman–Crippen MR) is 60.4 cm³/mol. The molecule has 0 atom stereocenters. The van der Waals surface area contributed by atoms with Crippen LogP contribution in [0.5, 0.6) is 0 Å². The molecule has 72 valence electrons. The van der Waals surface area contributed by atoms with Crippen molar-refractivity contribution in [3.8, 4) is 10.6 Å². The maximum Gasteiger partial charge on any atom is 0.234 e. The monoisotopic (exact) mass is 264 g/mol. The zero-order valence-electron chi connectivity index (χ0n) is 6.67. The van der Waals surface area contributed by atoms with Gasteiger partial charge in [-0.15, -0.1) is 0 Å². The minimum absolute atomic E-state index is 0.237. The average molecular weight is 266 g/mol. The molecule has 0 amide bonds. The zero-order valence-corrected chi connectivity index (χ0v) is 9.75. The van der Waals surface area contributed by atoms with Gasteiger partial charge in [-0.05, 0) is 41.3 Å². The Morgan fingerprint density at radius 2 is 1.64 bits per heavy atom. The Balaban J connectivity index is 2.51. The summed E-state index contributed by atoms with van der Waals surface area (Å²) in [4.78, 5) is 4.02. The number of benzene rings is 1. The van der Waals surface area contributed by atoms with Crippen LogP contribution < -0.4 is 0 Å². The van der Waals surface area contributed by atoms with E-state index in [-0.39, 0.29) is 5.28 Å². The zero-order chi connectivity index (χ0) is 10.1. The second-order valence-electron chi connectivity index (χ2n) is 2.53. The van der Waals surface area contributed by atoms with Crippen molar-refractivity contribution in [1.82, 2.24) is 9.36 Å². The molecule has 0 aliphatic heterocycles. The Morgan fingerprint density at radius 3 is 2.14 bits per heavy atom. The van der Waals surface area contributed by atoms with Gasteiger partial charge in [0.15, 0.2) is 0 Å². The van der Waals surface area contributed by atoms with Gasteiger partial charge in [0.05, 0.1) is 0 Å². The molecular weight excluding hydrogens is 263 g/mol. The highest BCUT2D eigenvalue weighted by Crippen LogP contribution is 2.28. The smallest absolute Gasteiger partial charge is 0.205 e. The Labute approximate surface area is 99.6 Å². The van der Waals surface area contributed by atoms with Crippen molar-refractivity contribution in [2.75, 3.05) is 0 Å². The van der Waals surface area contributed by atoms with Gasteiger partial charge in [-0.1, -0.05) is 23.2 Å². The Morgan fingerprint density at radius 1 is 1.00 bits per heavy atom. The summed E-state index contributed by atoms with van der Waals surface area (Å²) in [6.45, 7) is 0. The third-order valence-corrected chi connectivity index (χ3v) is 2.98. The van der Waals surface area contributed by atoms with E-state index < -0.39 is 0 Å². The molecule has 1 aromatic heterocycles. The summed E-state index contributed by atoms with van der Waals surface area (Å²) in [7, 11) is 0. The minimum Gasteiger partial charge on any atom is -0.205 e. The van der Waals surface area contributed by atoms with Gasteiger partial charge < -0.3 is 0 Å². The van der Waals surface area contributed by atoms with E-state index in [1.807, 2.05) is 0 Å². The van der Waals surface area contributed by atoms with Crippen LogP contribution >= 0.6 is 46.3 Å². The van der Waals surface area contributed by atoms with E-state index in [4.69, 9.17) is 34.8 Å². The maximum atomic E-state index is 5.85. The molecule has 0 aliphatic carbocycles. The predicted octanol–water partition coefficient (Wildman–Crippen LogP) is 4.17. The van der Waals surface area contributed by atoms with Gasteiger partial charge in [-0.3, -0.25) is 0 Å². The molecule has 1 heterocycles. The number of rotatable bonds is 1. The molecule has 0 N–H and O–H groups in total. The lowest BCUT2D eigenvalue weighted by atomic mass is 10.2. The molecule has 0 bridgehead atoms. The second-order valence-corrected chi connectivity index (χ2v) is 4.49. The third kappa shape index (κ3) is 2.17. The highest BCUT2D eigenvalue weighted by Gasteiger charge is 2.06. The van der Waals surface area contributed by atoms with E-state index in [0.717, 1.165) is 5.56 Å². The summed E-state index contributed by atoms with van der Waals surface area (Å²) < 4.78 is 3.86. The average Bonchev–Trinajstić information content (AvgIpc) is 2.50. The summed E-state index contributed by atoms with van der Waals surface area (Å²) in [5, 5.41) is 2.08. The molecule has 0 radical (unpaired) electrons. The Bertz CT molecular complexity index is 449. The number of aromatic nitrogens is 2. The molecule has 0 fully saturated rings. The maximum absolute atomic E-state index is 5.85. The summed E-state index contributed by atoms with van der Waals surface area (Å²) in [6.07, 6.45) is 0. The van der Waals surface area contributed by atoms with Gasteiger partial charge in [0.2, 0.25) is 5.28 Å². The number of hydrogen-bond acceptors (Lipinski definition) is 3. The first-order chi connectivity index (χ1) is 6.65. The first-order valence-electron chi connectivity index (χ1n) is 3.61. The number of nitrogens with zero attached hydrogens (tertiary/aromatic N) is 2. The summed E-state index contributed by atoms with van der Waals surface area (Å²) in [5.41, 5.74) is 0.826. The summed E-state index contributed by atoms with van der Waals surface area (Å²) in [5.74, 6) is 0. The fraction of sp³-hybridized carbons (Fsp3) is 0. The molecule has 2 rings (SSSR count). The molecule has 0 aliphatic rings. The molecule has 0 saturated heterocycles. The van der Waals surface area contributed by atoms with Gasteiger partial charge in [0.1, 0.15) is 5.01 Å². The third-order valence-electron chi connectivity index (χ3n) is 1.51. The molecule has 14 heavy (non-hydrogen) atoms. The van der Waals surface area contributed by atoms with Crippen LogP contribution in [-0.2, 0) is 0 Å². The van der Waals surface area contributed by atoms with Crippen LogP contribution in [0.2, 0.25) is 15.3 Å². The topological polar surface area (TPSA) is 25.8 Å². The van der Waals surface area contributed by atoms with Crippen LogP contribution in [-0.4, -0.2) is 9.36 Å². The molecule has 6 heteroatoms. The normalized spacial score (nSPS) is 10.5. The van der Waals surface area contributed by atoms with Gasteiger partial charge in [-0.2, -0.15) is 4.37 Å². The van der Waals surface area contributed by atoms with Crippen molar-refractivity contribution in [2.24, 2.45) is 0 Å². The molecule has 2 nitrogen and oxygen atoms in total. The molecule has 2 aromatic rings. The van der Waals surface area contributed by atoms with Crippen LogP contribution in [0.1, 0.15) is 0 Å². The number of halogens is 3. The number of hydrogen-bond donors (Lipinski definition) is 0. The second kappa shape index (κ2) is 4.03. The van der Waals surface area contributed by atoms with Crippen molar-refractivity contribution in [3.63, 3.8) is 0 Å². The molecule has 1 aromatic carbocycles. The molecule has 0 spiro atoms. The van der Waals surface area contributed by atoms with E-state index in [2.05, 4.69) is 9.36 Å². The fourth-order valence-electron chi connectivity index (χ4n) is 1.00. The van der Waals surface area contributed by atoms with E-state index in [1.54, 1.807) is 18.2 Å². The van der Waals surface area contributed by atoms with Gasteiger partial charge in [-0.25, -0.2) is 4.98 Å². The standard InChI is InChI=1S/C8H3Cl3N2S/c9-5-1-4(2-6(10)3-5)7-12-8(11)13-14-7/h1-3H. The van der Waals surface area contributed by atoms with E-state index in [9.17, 15) is 0 Å². The minimum atomic E-state index is 0.237. The lowest BCUT2D eigenvalue weighted by Gasteiger charge is -1.97. The summed E-state index contributed by atoms with van der Waals surface area (Å²) >= 11 is 18.5. The van der Waals surface area contributed by atoms with E-state index in [1.165, 1.54) is 11.5 Å². The van der Waals surface area contributed by atoms with Crippen LogP contribution in [0.25, 0.3) is 10.6 Å². The lowest BCUT2D eigenvalue weighted by Crippen LogP contribution is -1.76. The van der Waals surface area contributed by atoms with E-state index >= 15 is 0 Å².